The normalized spacial score (nSPS) is 11.1. The number of ether oxygens (including phenoxy) is 1. The number of hydrogen-bond acceptors (Lipinski definition) is 5. The van der Waals surface area contributed by atoms with Crippen LogP contribution in [-0.4, -0.2) is 39.9 Å². The molecule has 0 aliphatic rings. The fraction of sp³-hybridized carbons (Fsp3) is 0.231. The molecule has 3 aromatic rings. The molecule has 0 aliphatic carbocycles. The van der Waals surface area contributed by atoms with Crippen LogP contribution in [0.2, 0.25) is 0 Å². The standard InChI is InChI=1S/C26H29N3O5S/c1-18(2)27-26(31)22-12-8-9-13-23(22)28-25(30)17-29(20-10-6-5-7-11-20)35(32,33)21-14-15-24(34-4)19(3)16-21/h5-16,18H,17H2,1-4H3,(H,27,31)(H,28,30). The van der Waals surface area contributed by atoms with E-state index in [9.17, 15) is 18.0 Å². The lowest BCUT2D eigenvalue weighted by molar-refractivity contribution is -0.114. The van der Waals surface area contributed by atoms with Crippen LogP contribution in [0, 0.1) is 6.92 Å². The molecule has 35 heavy (non-hydrogen) atoms. The lowest BCUT2D eigenvalue weighted by Gasteiger charge is -2.24. The molecule has 3 aromatic carbocycles. The second kappa shape index (κ2) is 11.1. The fourth-order valence-electron chi connectivity index (χ4n) is 3.50. The Bertz CT molecular complexity index is 1310. The molecule has 2 N–H and O–H groups in total. The van der Waals surface area contributed by atoms with Crippen molar-refractivity contribution in [2.24, 2.45) is 0 Å². The highest BCUT2D eigenvalue weighted by atomic mass is 32.2. The number of rotatable bonds is 9. The van der Waals surface area contributed by atoms with Crippen molar-refractivity contribution in [2.45, 2.75) is 31.7 Å². The van der Waals surface area contributed by atoms with E-state index in [1.165, 1.54) is 19.2 Å². The Labute approximate surface area is 206 Å². The third-order valence-corrected chi connectivity index (χ3v) is 6.92. The highest BCUT2D eigenvalue weighted by Gasteiger charge is 2.28. The summed E-state index contributed by atoms with van der Waals surface area (Å²) in [6, 6.07) is 19.4. The number of aryl methyl sites for hydroxylation is 1. The molecule has 0 saturated carbocycles. The van der Waals surface area contributed by atoms with Gasteiger partial charge < -0.3 is 15.4 Å². The monoisotopic (exact) mass is 495 g/mol. The molecule has 0 bridgehead atoms. The van der Waals surface area contributed by atoms with E-state index >= 15 is 0 Å². The van der Waals surface area contributed by atoms with Crippen LogP contribution in [0.3, 0.4) is 0 Å². The second-order valence-electron chi connectivity index (χ2n) is 8.20. The van der Waals surface area contributed by atoms with Gasteiger partial charge in [0.15, 0.2) is 0 Å². The molecule has 8 nitrogen and oxygen atoms in total. The summed E-state index contributed by atoms with van der Waals surface area (Å²) in [5.41, 5.74) is 1.56. The average molecular weight is 496 g/mol. The molecule has 0 heterocycles. The molecule has 0 aliphatic heterocycles. The van der Waals surface area contributed by atoms with Crippen LogP contribution in [-0.2, 0) is 14.8 Å². The number of nitrogens with one attached hydrogen (secondary N) is 2. The third kappa shape index (κ3) is 6.19. The van der Waals surface area contributed by atoms with Gasteiger partial charge in [-0.1, -0.05) is 30.3 Å². The van der Waals surface area contributed by atoms with E-state index in [1.54, 1.807) is 67.6 Å². The van der Waals surface area contributed by atoms with Gasteiger partial charge in [-0.3, -0.25) is 13.9 Å². The van der Waals surface area contributed by atoms with Crippen molar-refractivity contribution >= 4 is 33.2 Å². The number of methoxy groups -OCH3 is 1. The summed E-state index contributed by atoms with van der Waals surface area (Å²) >= 11 is 0. The summed E-state index contributed by atoms with van der Waals surface area (Å²) in [5.74, 6) is -0.367. The maximum Gasteiger partial charge on any atom is 0.264 e. The van der Waals surface area contributed by atoms with Crippen molar-refractivity contribution in [3.63, 3.8) is 0 Å². The summed E-state index contributed by atoms with van der Waals surface area (Å²) in [6.07, 6.45) is 0. The van der Waals surface area contributed by atoms with Crippen molar-refractivity contribution in [3.05, 3.63) is 83.9 Å². The predicted octanol–water partition coefficient (Wildman–Crippen LogP) is 3.98. The van der Waals surface area contributed by atoms with Gasteiger partial charge in [0.05, 0.1) is 28.9 Å². The molecule has 0 fully saturated rings. The van der Waals surface area contributed by atoms with Gasteiger partial charge in [-0.05, 0) is 68.8 Å². The van der Waals surface area contributed by atoms with Crippen LogP contribution >= 0.6 is 0 Å². The van der Waals surface area contributed by atoms with Gasteiger partial charge in [0.25, 0.3) is 15.9 Å². The molecule has 0 radical (unpaired) electrons. The van der Waals surface area contributed by atoms with Crippen LogP contribution in [0.25, 0.3) is 0 Å². The summed E-state index contributed by atoms with van der Waals surface area (Å²) in [4.78, 5) is 25.7. The summed E-state index contributed by atoms with van der Waals surface area (Å²) in [7, 11) is -2.58. The lowest BCUT2D eigenvalue weighted by Crippen LogP contribution is -2.38. The number of hydrogen-bond donors (Lipinski definition) is 2. The van der Waals surface area contributed by atoms with E-state index in [0.717, 1.165) is 4.31 Å². The molecule has 184 valence electrons. The predicted molar refractivity (Wildman–Crippen MR) is 136 cm³/mol. The Morgan fingerprint density at radius 3 is 2.26 bits per heavy atom. The highest BCUT2D eigenvalue weighted by Crippen LogP contribution is 2.27. The summed E-state index contributed by atoms with van der Waals surface area (Å²) in [5, 5.41) is 5.49. The van der Waals surface area contributed by atoms with Crippen molar-refractivity contribution in [3.8, 4) is 5.75 Å². The first kappa shape index (κ1) is 25.8. The van der Waals surface area contributed by atoms with Crippen LogP contribution in [0.15, 0.2) is 77.7 Å². The number of sulfonamides is 1. The van der Waals surface area contributed by atoms with E-state index in [4.69, 9.17) is 4.74 Å². The Kier molecular flexibility index (Phi) is 8.14. The van der Waals surface area contributed by atoms with Gasteiger partial charge in [0.2, 0.25) is 5.91 Å². The first-order valence-corrected chi connectivity index (χ1v) is 12.5. The van der Waals surface area contributed by atoms with Gasteiger partial charge in [-0.15, -0.1) is 0 Å². The van der Waals surface area contributed by atoms with Crippen molar-refractivity contribution < 1.29 is 22.7 Å². The first-order valence-electron chi connectivity index (χ1n) is 11.1. The highest BCUT2D eigenvalue weighted by molar-refractivity contribution is 7.92. The number of nitrogens with zero attached hydrogens (tertiary/aromatic N) is 1. The fourth-order valence-corrected chi connectivity index (χ4v) is 5.00. The molecule has 0 saturated heterocycles. The van der Waals surface area contributed by atoms with E-state index in [0.29, 0.717) is 22.7 Å². The Morgan fingerprint density at radius 2 is 1.63 bits per heavy atom. The maximum absolute atomic E-state index is 13.6. The average Bonchev–Trinajstić information content (AvgIpc) is 2.82. The van der Waals surface area contributed by atoms with Crippen LogP contribution in [0.1, 0.15) is 29.8 Å². The third-order valence-electron chi connectivity index (χ3n) is 5.15. The van der Waals surface area contributed by atoms with Crippen molar-refractivity contribution in [1.29, 1.82) is 0 Å². The quantitative estimate of drug-likeness (QED) is 0.467. The first-order chi connectivity index (χ1) is 16.6. The number of anilines is 2. The van der Waals surface area contributed by atoms with E-state index in [-0.39, 0.29) is 22.4 Å². The maximum atomic E-state index is 13.6. The van der Waals surface area contributed by atoms with Gasteiger partial charge in [0, 0.05) is 6.04 Å². The zero-order valence-electron chi connectivity index (χ0n) is 20.1. The SMILES string of the molecule is COc1ccc(S(=O)(=O)N(CC(=O)Nc2ccccc2C(=O)NC(C)C)c2ccccc2)cc1C. The van der Waals surface area contributed by atoms with E-state index < -0.39 is 22.5 Å². The molecular weight excluding hydrogens is 466 g/mol. The topological polar surface area (TPSA) is 105 Å². The van der Waals surface area contributed by atoms with Gasteiger partial charge in [-0.25, -0.2) is 8.42 Å². The minimum absolute atomic E-state index is 0.0316. The van der Waals surface area contributed by atoms with E-state index in [2.05, 4.69) is 10.6 Å². The molecule has 0 aromatic heterocycles. The summed E-state index contributed by atoms with van der Waals surface area (Å²) in [6.45, 7) is 4.93. The number of para-hydroxylation sites is 2. The molecule has 0 unspecified atom stereocenters. The van der Waals surface area contributed by atoms with Crippen LogP contribution < -0.4 is 19.7 Å². The number of amides is 2. The zero-order valence-corrected chi connectivity index (χ0v) is 20.9. The minimum atomic E-state index is -4.09. The number of benzene rings is 3. The largest absolute Gasteiger partial charge is 0.496 e. The van der Waals surface area contributed by atoms with E-state index in [1.807, 2.05) is 13.8 Å². The number of carbonyl (C=O) groups excluding carboxylic acids is 2. The molecule has 0 spiro atoms. The zero-order chi connectivity index (χ0) is 25.6. The second-order valence-corrected chi connectivity index (χ2v) is 10.1. The van der Waals surface area contributed by atoms with Crippen LogP contribution in [0.4, 0.5) is 11.4 Å². The van der Waals surface area contributed by atoms with Crippen molar-refractivity contribution in [2.75, 3.05) is 23.3 Å². The lowest BCUT2D eigenvalue weighted by atomic mass is 10.1. The molecule has 2 amide bonds. The minimum Gasteiger partial charge on any atom is -0.496 e. The Balaban J connectivity index is 1.93. The molecular formula is C26H29N3O5S. The van der Waals surface area contributed by atoms with Gasteiger partial charge in [0.1, 0.15) is 12.3 Å². The Hall–Kier alpha value is -3.85. The molecule has 0 atom stereocenters. The van der Waals surface area contributed by atoms with Crippen LogP contribution in [0.5, 0.6) is 5.75 Å². The Morgan fingerprint density at radius 1 is 0.971 bits per heavy atom. The smallest absolute Gasteiger partial charge is 0.264 e. The summed E-state index contributed by atoms with van der Waals surface area (Å²) < 4.78 is 33.5. The molecule has 3 rings (SSSR count). The molecule has 9 heteroatoms. The van der Waals surface area contributed by atoms with Gasteiger partial charge >= 0.3 is 0 Å². The number of carbonyl (C=O) groups is 2. The van der Waals surface area contributed by atoms with Gasteiger partial charge in [-0.2, -0.15) is 0 Å². The van der Waals surface area contributed by atoms with Crippen molar-refractivity contribution in [1.82, 2.24) is 5.32 Å².